The van der Waals surface area contributed by atoms with Gasteiger partial charge in [-0.1, -0.05) is 35.3 Å². The fourth-order valence-electron chi connectivity index (χ4n) is 2.17. The van der Waals surface area contributed by atoms with Crippen LogP contribution in [0.15, 0.2) is 48.5 Å². The normalized spacial score (nSPS) is 10.6. The lowest BCUT2D eigenvalue weighted by Gasteiger charge is -2.15. The number of rotatable bonds is 6. The van der Waals surface area contributed by atoms with Gasteiger partial charge in [0.05, 0.1) is 24.4 Å². The molecule has 0 fully saturated rings. The van der Waals surface area contributed by atoms with Gasteiger partial charge in [-0.3, -0.25) is 9.59 Å². The van der Waals surface area contributed by atoms with Gasteiger partial charge in [0.2, 0.25) is 11.8 Å². The van der Waals surface area contributed by atoms with Crippen molar-refractivity contribution in [1.29, 1.82) is 0 Å². The predicted octanol–water partition coefficient (Wildman–Crippen LogP) is 4.11. The van der Waals surface area contributed by atoms with E-state index in [0.717, 1.165) is 0 Å². The molecule has 1 N–H and O–H groups in total. The average Bonchev–Trinajstić information content (AvgIpc) is 2.61. The lowest BCUT2D eigenvalue weighted by atomic mass is 10.2. The van der Waals surface area contributed by atoms with Crippen molar-refractivity contribution in [3.63, 3.8) is 0 Å². The molecule has 136 valence electrons. The van der Waals surface area contributed by atoms with Crippen LogP contribution in [0.2, 0.25) is 10.0 Å². The molecule has 2 aromatic carbocycles. The van der Waals surface area contributed by atoms with E-state index in [4.69, 9.17) is 27.9 Å². The topological polar surface area (TPSA) is 58.6 Å². The van der Waals surface area contributed by atoms with Crippen LogP contribution in [0.4, 0.5) is 5.69 Å². The number of carbonyl (C=O) groups excluding carboxylic acids is 2. The third-order valence-corrected chi connectivity index (χ3v) is 4.07. The van der Waals surface area contributed by atoms with E-state index in [1.54, 1.807) is 48.5 Å². The maximum Gasteiger partial charge on any atom is 0.246 e. The number of benzene rings is 2. The highest BCUT2D eigenvalue weighted by atomic mass is 35.5. The summed E-state index contributed by atoms with van der Waals surface area (Å²) in [7, 11) is 3.07. The molecular weight excluding hydrogens is 375 g/mol. The lowest BCUT2D eigenvalue weighted by Crippen LogP contribution is -2.33. The van der Waals surface area contributed by atoms with Crippen LogP contribution in [0.25, 0.3) is 6.08 Å². The van der Waals surface area contributed by atoms with Gasteiger partial charge in [-0.05, 0) is 36.4 Å². The Balaban J connectivity index is 1.98. The van der Waals surface area contributed by atoms with E-state index in [0.29, 0.717) is 27.0 Å². The number of carbonyl (C=O) groups is 2. The molecule has 0 saturated carbocycles. The van der Waals surface area contributed by atoms with Crippen LogP contribution >= 0.6 is 23.2 Å². The Morgan fingerprint density at radius 3 is 2.62 bits per heavy atom. The van der Waals surface area contributed by atoms with Gasteiger partial charge in [-0.2, -0.15) is 0 Å². The van der Waals surface area contributed by atoms with Crippen LogP contribution < -0.4 is 10.1 Å². The van der Waals surface area contributed by atoms with E-state index in [1.165, 1.54) is 25.1 Å². The zero-order valence-electron chi connectivity index (χ0n) is 14.3. The van der Waals surface area contributed by atoms with Gasteiger partial charge in [0.1, 0.15) is 5.75 Å². The molecule has 0 aliphatic carbocycles. The summed E-state index contributed by atoms with van der Waals surface area (Å²) < 4.78 is 5.22. The van der Waals surface area contributed by atoms with E-state index < -0.39 is 0 Å². The summed E-state index contributed by atoms with van der Waals surface area (Å²) in [6.07, 6.45) is 2.95. The van der Waals surface area contributed by atoms with Crippen molar-refractivity contribution >= 4 is 46.8 Å². The Bertz CT molecular complexity index is 837. The number of ether oxygens (including phenoxy) is 1. The second-order valence-electron chi connectivity index (χ2n) is 5.44. The Kier molecular flexibility index (Phi) is 7.06. The number of halogens is 2. The van der Waals surface area contributed by atoms with Crippen molar-refractivity contribution in [2.75, 3.05) is 26.0 Å². The first-order valence-electron chi connectivity index (χ1n) is 7.72. The number of amides is 2. The van der Waals surface area contributed by atoms with E-state index in [2.05, 4.69) is 5.32 Å². The monoisotopic (exact) mass is 392 g/mol. The molecule has 0 aliphatic rings. The van der Waals surface area contributed by atoms with E-state index in [1.807, 2.05) is 0 Å². The van der Waals surface area contributed by atoms with E-state index in [-0.39, 0.29) is 18.4 Å². The highest BCUT2D eigenvalue weighted by Gasteiger charge is 2.12. The van der Waals surface area contributed by atoms with Crippen molar-refractivity contribution in [3.05, 3.63) is 64.1 Å². The van der Waals surface area contributed by atoms with Gasteiger partial charge in [0.25, 0.3) is 0 Å². The number of nitrogens with one attached hydrogen (secondary N) is 1. The van der Waals surface area contributed by atoms with Crippen molar-refractivity contribution in [2.45, 2.75) is 0 Å². The molecule has 2 amide bonds. The molecule has 0 aromatic heterocycles. The highest BCUT2D eigenvalue weighted by Crippen LogP contribution is 2.24. The summed E-state index contributed by atoms with van der Waals surface area (Å²) in [5.74, 6) is -0.0819. The summed E-state index contributed by atoms with van der Waals surface area (Å²) in [6, 6.07) is 12.0. The molecule has 0 heterocycles. The van der Waals surface area contributed by atoms with Crippen molar-refractivity contribution in [3.8, 4) is 5.75 Å². The molecule has 0 spiro atoms. The molecular formula is C19H18Cl2N2O3. The van der Waals surface area contributed by atoms with Crippen molar-refractivity contribution in [1.82, 2.24) is 4.90 Å². The number of hydrogen-bond acceptors (Lipinski definition) is 3. The van der Waals surface area contributed by atoms with Crippen molar-refractivity contribution in [2.24, 2.45) is 0 Å². The van der Waals surface area contributed by atoms with Crippen LogP contribution in [-0.2, 0) is 9.59 Å². The highest BCUT2D eigenvalue weighted by molar-refractivity contribution is 6.33. The Morgan fingerprint density at radius 2 is 1.92 bits per heavy atom. The first-order valence-corrected chi connectivity index (χ1v) is 8.47. The quantitative estimate of drug-likeness (QED) is 0.752. The number of hydrogen-bond donors (Lipinski definition) is 1. The second kappa shape index (κ2) is 9.27. The number of para-hydroxylation sites is 1. The van der Waals surface area contributed by atoms with Crippen molar-refractivity contribution < 1.29 is 14.3 Å². The summed E-state index contributed by atoms with van der Waals surface area (Å²) in [5.41, 5.74) is 1.17. The maximum atomic E-state index is 12.2. The van der Waals surface area contributed by atoms with Gasteiger partial charge in [-0.25, -0.2) is 0 Å². The fraction of sp³-hybridized carbons (Fsp3) is 0.158. The lowest BCUT2D eigenvalue weighted by molar-refractivity contribution is -0.129. The molecule has 2 aromatic rings. The summed E-state index contributed by atoms with van der Waals surface area (Å²) in [4.78, 5) is 25.6. The third-order valence-electron chi connectivity index (χ3n) is 3.50. The third kappa shape index (κ3) is 5.51. The summed E-state index contributed by atoms with van der Waals surface area (Å²) >= 11 is 12.0. The molecule has 0 saturated heterocycles. The van der Waals surface area contributed by atoms with E-state index >= 15 is 0 Å². The molecule has 7 heteroatoms. The van der Waals surface area contributed by atoms with Gasteiger partial charge in [0.15, 0.2) is 0 Å². The van der Waals surface area contributed by atoms with Crippen LogP contribution in [-0.4, -0.2) is 37.4 Å². The minimum absolute atomic E-state index is 0.110. The Labute approximate surface area is 162 Å². The summed E-state index contributed by atoms with van der Waals surface area (Å²) in [5, 5.41) is 3.64. The molecule has 2 rings (SSSR count). The predicted molar refractivity (Wildman–Crippen MR) is 105 cm³/mol. The van der Waals surface area contributed by atoms with Crippen LogP contribution in [0.1, 0.15) is 5.56 Å². The van der Waals surface area contributed by atoms with Gasteiger partial charge in [0, 0.05) is 23.7 Å². The van der Waals surface area contributed by atoms with Crippen LogP contribution in [0.5, 0.6) is 5.75 Å². The molecule has 0 atom stereocenters. The fourth-order valence-corrected chi connectivity index (χ4v) is 2.53. The number of anilines is 1. The molecule has 0 aliphatic heterocycles. The first kappa shape index (κ1) is 19.8. The Hall–Kier alpha value is -2.50. The van der Waals surface area contributed by atoms with E-state index in [9.17, 15) is 9.59 Å². The second-order valence-corrected chi connectivity index (χ2v) is 6.29. The molecule has 5 nitrogen and oxygen atoms in total. The SMILES string of the molecule is COc1ccc(Cl)cc1C=CC(=O)N(C)CC(=O)Nc1ccccc1Cl. The number of likely N-dealkylation sites (N-methyl/N-ethyl adjacent to an activating group) is 1. The molecule has 26 heavy (non-hydrogen) atoms. The summed E-state index contributed by atoms with van der Waals surface area (Å²) in [6.45, 7) is -0.110. The van der Waals surface area contributed by atoms with Gasteiger partial charge >= 0.3 is 0 Å². The van der Waals surface area contributed by atoms with Gasteiger partial charge < -0.3 is 15.0 Å². The zero-order valence-corrected chi connectivity index (χ0v) is 15.8. The molecule has 0 bridgehead atoms. The maximum absolute atomic E-state index is 12.2. The van der Waals surface area contributed by atoms with Crippen LogP contribution in [0, 0.1) is 0 Å². The largest absolute Gasteiger partial charge is 0.496 e. The number of nitrogens with zero attached hydrogens (tertiary/aromatic N) is 1. The number of methoxy groups -OCH3 is 1. The minimum Gasteiger partial charge on any atom is -0.496 e. The zero-order chi connectivity index (χ0) is 19.1. The Morgan fingerprint density at radius 1 is 1.19 bits per heavy atom. The average molecular weight is 393 g/mol. The molecule has 0 unspecified atom stereocenters. The smallest absolute Gasteiger partial charge is 0.246 e. The van der Waals surface area contributed by atoms with Crippen LogP contribution in [0.3, 0.4) is 0 Å². The van der Waals surface area contributed by atoms with Gasteiger partial charge in [-0.15, -0.1) is 0 Å². The minimum atomic E-state index is -0.345. The molecule has 0 radical (unpaired) electrons. The first-order chi connectivity index (χ1) is 12.4. The standard InChI is InChI=1S/C19H18Cl2N2O3/c1-23(12-18(24)22-16-6-4-3-5-15(16)21)19(25)10-7-13-11-14(20)8-9-17(13)26-2/h3-11H,12H2,1-2H3,(H,22,24).